The molecule has 0 aliphatic carbocycles. The molecule has 2 saturated heterocycles. The Morgan fingerprint density at radius 3 is 2.48 bits per heavy atom. The maximum atomic E-state index is 12.7. The van der Waals surface area contributed by atoms with Gasteiger partial charge in [-0.3, -0.25) is 4.79 Å². The van der Waals surface area contributed by atoms with Crippen LogP contribution < -0.4 is 5.32 Å². The monoisotopic (exact) mass is 354 g/mol. The molecule has 2 fully saturated rings. The summed E-state index contributed by atoms with van der Waals surface area (Å²) in [5.74, 6) is 0.908. The van der Waals surface area contributed by atoms with E-state index in [0.717, 1.165) is 49.5 Å². The first-order chi connectivity index (χ1) is 12.2. The zero-order valence-corrected chi connectivity index (χ0v) is 15.7. The summed E-state index contributed by atoms with van der Waals surface area (Å²) in [4.78, 5) is 16.8. The summed E-state index contributed by atoms with van der Waals surface area (Å²) in [5, 5.41) is 3.43. The number of aryl methyl sites for hydroxylation is 1. The Kier molecular flexibility index (Phi) is 4.91. The molecule has 1 aromatic carbocycles. The van der Waals surface area contributed by atoms with Crippen molar-refractivity contribution in [1.82, 2.24) is 10.2 Å². The summed E-state index contributed by atoms with van der Waals surface area (Å²) < 4.78 is 0. The van der Waals surface area contributed by atoms with Gasteiger partial charge in [0, 0.05) is 18.0 Å². The van der Waals surface area contributed by atoms with Crippen LogP contribution in [-0.4, -0.2) is 37.0 Å². The lowest BCUT2D eigenvalue weighted by Gasteiger charge is -2.23. The van der Waals surface area contributed by atoms with Crippen LogP contribution in [0.1, 0.15) is 52.4 Å². The Labute approximate surface area is 154 Å². The second-order valence-corrected chi connectivity index (χ2v) is 8.32. The number of hydrogen-bond donors (Lipinski definition) is 1. The zero-order chi connectivity index (χ0) is 17.2. The van der Waals surface area contributed by atoms with Crippen molar-refractivity contribution < 1.29 is 4.79 Å². The van der Waals surface area contributed by atoms with Crippen LogP contribution in [0.5, 0.6) is 0 Å². The molecule has 4 rings (SSSR count). The van der Waals surface area contributed by atoms with E-state index in [4.69, 9.17) is 0 Å². The number of piperidine rings is 1. The first kappa shape index (κ1) is 16.8. The highest BCUT2D eigenvalue weighted by atomic mass is 32.1. The van der Waals surface area contributed by atoms with Crippen molar-refractivity contribution in [2.45, 2.75) is 38.5 Å². The highest BCUT2D eigenvalue weighted by Crippen LogP contribution is 2.34. The van der Waals surface area contributed by atoms with Gasteiger partial charge in [0.2, 0.25) is 0 Å². The molecular formula is C21H26N2OS. The first-order valence-electron chi connectivity index (χ1n) is 9.43. The average Bonchev–Trinajstić information content (AvgIpc) is 3.32. The van der Waals surface area contributed by atoms with Gasteiger partial charge in [-0.1, -0.05) is 24.3 Å². The number of carbonyl (C=O) groups excluding carboxylic acids is 1. The number of nitrogens with one attached hydrogen (secondary N) is 1. The van der Waals surface area contributed by atoms with Crippen LogP contribution in [0.4, 0.5) is 0 Å². The van der Waals surface area contributed by atoms with E-state index < -0.39 is 0 Å². The quantitative estimate of drug-likeness (QED) is 0.884. The van der Waals surface area contributed by atoms with Crippen LogP contribution in [0, 0.1) is 6.92 Å². The van der Waals surface area contributed by atoms with Crippen molar-refractivity contribution in [3.8, 4) is 10.4 Å². The minimum atomic E-state index is 0.220. The fraction of sp³-hybridized carbons (Fsp3) is 0.476. The summed E-state index contributed by atoms with van der Waals surface area (Å²) in [6, 6.07) is 11.2. The van der Waals surface area contributed by atoms with E-state index in [9.17, 15) is 4.79 Å². The Balaban J connectivity index is 1.53. The molecule has 1 amide bonds. The second kappa shape index (κ2) is 7.30. The fourth-order valence-corrected chi connectivity index (χ4v) is 5.12. The van der Waals surface area contributed by atoms with E-state index in [1.54, 1.807) is 11.3 Å². The van der Waals surface area contributed by atoms with Crippen molar-refractivity contribution in [3.63, 3.8) is 0 Å². The summed E-state index contributed by atoms with van der Waals surface area (Å²) in [6.07, 6.45) is 4.74. The van der Waals surface area contributed by atoms with Crippen LogP contribution in [0.15, 0.2) is 30.3 Å². The van der Waals surface area contributed by atoms with Gasteiger partial charge in [-0.05, 0) is 74.4 Å². The third-order valence-corrected chi connectivity index (χ3v) is 6.79. The van der Waals surface area contributed by atoms with E-state index in [0.29, 0.717) is 5.92 Å². The molecule has 0 saturated carbocycles. The molecule has 0 bridgehead atoms. The SMILES string of the molecule is Cc1cc(-c2ccc(C3CCNCC3)cc2)sc1C(=O)N1CCCC1. The number of benzene rings is 1. The molecular weight excluding hydrogens is 328 g/mol. The molecule has 3 heterocycles. The topological polar surface area (TPSA) is 32.3 Å². The number of hydrogen-bond acceptors (Lipinski definition) is 3. The Morgan fingerprint density at radius 2 is 1.80 bits per heavy atom. The van der Waals surface area contributed by atoms with Gasteiger partial charge < -0.3 is 10.2 Å². The number of carbonyl (C=O) groups is 1. The molecule has 2 aliphatic rings. The number of rotatable bonds is 3. The van der Waals surface area contributed by atoms with E-state index in [-0.39, 0.29) is 5.91 Å². The van der Waals surface area contributed by atoms with Gasteiger partial charge in [0.15, 0.2) is 0 Å². The summed E-state index contributed by atoms with van der Waals surface area (Å²) in [7, 11) is 0. The molecule has 132 valence electrons. The van der Waals surface area contributed by atoms with E-state index >= 15 is 0 Å². The number of nitrogens with zero attached hydrogens (tertiary/aromatic N) is 1. The first-order valence-corrected chi connectivity index (χ1v) is 10.2. The van der Waals surface area contributed by atoms with Gasteiger partial charge in [0.1, 0.15) is 0 Å². The Morgan fingerprint density at radius 1 is 1.12 bits per heavy atom. The lowest BCUT2D eigenvalue weighted by Crippen LogP contribution is -2.27. The van der Waals surface area contributed by atoms with Gasteiger partial charge >= 0.3 is 0 Å². The Bertz CT molecular complexity index is 738. The highest BCUT2D eigenvalue weighted by Gasteiger charge is 2.23. The van der Waals surface area contributed by atoms with Gasteiger partial charge in [0.05, 0.1) is 4.88 Å². The minimum absolute atomic E-state index is 0.220. The van der Waals surface area contributed by atoms with Crippen LogP contribution in [0.2, 0.25) is 0 Å². The molecule has 0 radical (unpaired) electrons. The smallest absolute Gasteiger partial charge is 0.264 e. The van der Waals surface area contributed by atoms with E-state index in [1.807, 2.05) is 4.90 Å². The number of amides is 1. The third-order valence-electron chi connectivity index (χ3n) is 5.51. The standard InChI is InChI=1S/C21H26N2OS/c1-15-14-19(25-20(15)21(24)23-12-2-3-13-23)18-6-4-16(5-7-18)17-8-10-22-11-9-17/h4-7,14,17,22H,2-3,8-13H2,1H3. The number of thiophene rings is 1. The van der Waals surface area contributed by atoms with Crippen LogP contribution in [-0.2, 0) is 0 Å². The van der Waals surface area contributed by atoms with Gasteiger partial charge in [-0.15, -0.1) is 11.3 Å². The van der Waals surface area contributed by atoms with Crippen molar-refractivity contribution in [1.29, 1.82) is 0 Å². The second-order valence-electron chi connectivity index (χ2n) is 7.27. The zero-order valence-electron chi connectivity index (χ0n) is 14.9. The van der Waals surface area contributed by atoms with Gasteiger partial charge in [-0.2, -0.15) is 0 Å². The predicted molar refractivity (Wildman–Crippen MR) is 104 cm³/mol. The molecule has 3 nitrogen and oxygen atoms in total. The predicted octanol–water partition coefficient (Wildman–Crippen LogP) is 4.43. The summed E-state index contributed by atoms with van der Waals surface area (Å²) in [6.45, 7) is 6.14. The summed E-state index contributed by atoms with van der Waals surface area (Å²) in [5.41, 5.74) is 3.79. The lowest BCUT2D eigenvalue weighted by atomic mass is 9.90. The molecule has 2 aliphatic heterocycles. The molecule has 4 heteroatoms. The van der Waals surface area contributed by atoms with Crippen molar-refractivity contribution in [2.24, 2.45) is 0 Å². The average molecular weight is 355 g/mol. The highest BCUT2D eigenvalue weighted by molar-refractivity contribution is 7.17. The molecule has 0 spiro atoms. The molecule has 2 aromatic rings. The van der Waals surface area contributed by atoms with Crippen LogP contribution in [0.3, 0.4) is 0 Å². The number of likely N-dealkylation sites (tertiary alicyclic amines) is 1. The van der Waals surface area contributed by atoms with Crippen molar-refractivity contribution in [2.75, 3.05) is 26.2 Å². The van der Waals surface area contributed by atoms with Gasteiger partial charge in [0.25, 0.3) is 5.91 Å². The van der Waals surface area contributed by atoms with Gasteiger partial charge in [-0.25, -0.2) is 0 Å². The molecule has 1 aromatic heterocycles. The largest absolute Gasteiger partial charge is 0.338 e. The lowest BCUT2D eigenvalue weighted by molar-refractivity contribution is 0.0797. The van der Waals surface area contributed by atoms with Crippen LogP contribution in [0.25, 0.3) is 10.4 Å². The normalized spacial score (nSPS) is 18.7. The molecule has 0 atom stereocenters. The molecule has 25 heavy (non-hydrogen) atoms. The third kappa shape index (κ3) is 3.51. The van der Waals surface area contributed by atoms with Crippen molar-refractivity contribution in [3.05, 3.63) is 46.3 Å². The molecule has 1 N–H and O–H groups in total. The van der Waals surface area contributed by atoms with E-state index in [1.165, 1.54) is 28.8 Å². The molecule has 0 unspecified atom stereocenters. The maximum Gasteiger partial charge on any atom is 0.264 e. The maximum absolute atomic E-state index is 12.7. The van der Waals surface area contributed by atoms with Crippen molar-refractivity contribution >= 4 is 17.2 Å². The minimum Gasteiger partial charge on any atom is -0.338 e. The van der Waals surface area contributed by atoms with Crippen LogP contribution >= 0.6 is 11.3 Å². The fourth-order valence-electron chi connectivity index (χ4n) is 3.98. The van der Waals surface area contributed by atoms with E-state index in [2.05, 4.69) is 42.6 Å². The Hall–Kier alpha value is -1.65. The summed E-state index contributed by atoms with van der Waals surface area (Å²) >= 11 is 1.65.